The number of benzene rings is 1. The molecule has 4 rings (SSSR count). The van der Waals surface area contributed by atoms with Gasteiger partial charge in [-0.15, -0.1) is 0 Å². The molecule has 1 aliphatic heterocycles. The van der Waals surface area contributed by atoms with Crippen LogP contribution in [0.2, 0.25) is 0 Å². The van der Waals surface area contributed by atoms with Gasteiger partial charge in [-0.3, -0.25) is 19.5 Å². The standard InChI is InChI=1S/C27H36N6O2/c1-19(2)18-33-21(4)26(20(3)31-33)24-17-25(30-29-24)27(34)28-22-9-11-23(12-10-22)35-16-15-32-13-7-5-6-8-14-32/h9-12,17H,1,5-8,13-16,18H2,2-4H3,(H,28,34)(H,29,30). The molecule has 1 aliphatic rings. The van der Waals surface area contributed by atoms with Crippen molar-refractivity contribution in [3.05, 3.63) is 59.6 Å². The van der Waals surface area contributed by atoms with Gasteiger partial charge in [0.15, 0.2) is 0 Å². The number of hydrogen-bond acceptors (Lipinski definition) is 5. The zero-order valence-corrected chi connectivity index (χ0v) is 21.1. The molecule has 0 atom stereocenters. The zero-order chi connectivity index (χ0) is 24.8. The number of carbonyl (C=O) groups is 1. The molecule has 0 unspecified atom stereocenters. The molecule has 0 saturated carbocycles. The number of hydrogen-bond donors (Lipinski definition) is 2. The van der Waals surface area contributed by atoms with Crippen LogP contribution < -0.4 is 10.1 Å². The molecule has 3 heterocycles. The van der Waals surface area contributed by atoms with Gasteiger partial charge in [0, 0.05) is 23.5 Å². The molecular weight excluding hydrogens is 440 g/mol. The molecule has 1 fully saturated rings. The highest BCUT2D eigenvalue weighted by molar-refractivity contribution is 6.03. The smallest absolute Gasteiger partial charge is 0.273 e. The van der Waals surface area contributed by atoms with Crippen LogP contribution in [0.1, 0.15) is 54.5 Å². The van der Waals surface area contributed by atoms with E-state index in [0.717, 1.165) is 34.8 Å². The van der Waals surface area contributed by atoms with E-state index in [1.54, 1.807) is 6.07 Å². The topological polar surface area (TPSA) is 88.1 Å². The Morgan fingerprint density at radius 2 is 1.86 bits per heavy atom. The Hall–Kier alpha value is -3.39. The molecule has 3 aromatic rings. The summed E-state index contributed by atoms with van der Waals surface area (Å²) in [5, 5.41) is 14.7. The van der Waals surface area contributed by atoms with Crippen LogP contribution in [0.25, 0.3) is 11.3 Å². The molecule has 2 aromatic heterocycles. The number of likely N-dealkylation sites (tertiary alicyclic amines) is 1. The van der Waals surface area contributed by atoms with Crippen molar-refractivity contribution in [2.75, 3.05) is 31.6 Å². The maximum atomic E-state index is 12.8. The third-order valence-electron chi connectivity index (χ3n) is 6.37. The van der Waals surface area contributed by atoms with Crippen LogP contribution in [0, 0.1) is 13.8 Å². The molecule has 8 heteroatoms. The molecule has 0 radical (unpaired) electrons. The summed E-state index contributed by atoms with van der Waals surface area (Å²) in [6.07, 6.45) is 5.24. The van der Waals surface area contributed by atoms with E-state index < -0.39 is 0 Å². The highest BCUT2D eigenvalue weighted by Crippen LogP contribution is 2.26. The summed E-state index contributed by atoms with van der Waals surface area (Å²) in [6.45, 7) is 14.5. The lowest BCUT2D eigenvalue weighted by molar-refractivity contribution is 0.102. The summed E-state index contributed by atoms with van der Waals surface area (Å²) < 4.78 is 7.83. The molecule has 0 aliphatic carbocycles. The van der Waals surface area contributed by atoms with Gasteiger partial charge >= 0.3 is 0 Å². The summed E-state index contributed by atoms with van der Waals surface area (Å²) in [6, 6.07) is 9.24. The third-order valence-corrected chi connectivity index (χ3v) is 6.37. The number of ether oxygens (including phenoxy) is 1. The summed E-state index contributed by atoms with van der Waals surface area (Å²) in [7, 11) is 0. The van der Waals surface area contributed by atoms with E-state index in [2.05, 4.69) is 32.1 Å². The minimum atomic E-state index is -0.247. The largest absolute Gasteiger partial charge is 0.492 e. The Morgan fingerprint density at radius 3 is 2.54 bits per heavy atom. The van der Waals surface area contributed by atoms with Gasteiger partial charge in [0.05, 0.1) is 17.9 Å². The van der Waals surface area contributed by atoms with Crippen LogP contribution in [-0.4, -0.2) is 57.0 Å². The average molecular weight is 477 g/mol. The van der Waals surface area contributed by atoms with Gasteiger partial charge in [-0.05, 0) is 77.0 Å². The molecule has 35 heavy (non-hydrogen) atoms. The van der Waals surface area contributed by atoms with Crippen LogP contribution in [0.5, 0.6) is 5.75 Å². The number of allylic oxidation sites excluding steroid dienone is 1. The van der Waals surface area contributed by atoms with Crippen molar-refractivity contribution in [3.8, 4) is 17.0 Å². The number of nitrogens with zero attached hydrogens (tertiary/aromatic N) is 4. The van der Waals surface area contributed by atoms with Gasteiger partial charge < -0.3 is 10.1 Å². The molecule has 8 nitrogen and oxygen atoms in total. The summed E-state index contributed by atoms with van der Waals surface area (Å²) >= 11 is 0. The number of nitrogens with one attached hydrogen (secondary N) is 2. The fourth-order valence-electron chi connectivity index (χ4n) is 4.53. The van der Waals surface area contributed by atoms with Crippen molar-refractivity contribution in [1.82, 2.24) is 24.9 Å². The lowest BCUT2D eigenvalue weighted by Crippen LogP contribution is -2.29. The maximum Gasteiger partial charge on any atom is 0.273 e. The van der Waals surface area contributed by atoms with E-state index in [1.165, 1.54) is 38.8 Å². The van der Waals surface area contributed by atoms with Crippen molar-refractivity contribution in [2.45, 2.75) is 53.0 Å². The van der Waals surface area contributed by atoms with E-state index in [9.17, 15) is 4.79 Å². The lowest BCUT2D eigenvalue weighted by Gasteiger charge is -2.19. The first-order valence-electron chi connectivity index (χ1n) is 12.4. The fraction of sp³-hybridized carbons (Fsp3) is 0.444. The first-order valence-corrected chi connectivity index (χ1v) is 12.4. The molecular formula is C27H36N6O2. The van der Waals surface area contributed by atoms with Gasteiger partial charge in [0.2, 0.25) is 0 Å². The monoisotopic (exact) mass is 476 g/mol. The summed E-state index contributed by atoms with van der Waals surface area (Å²) in [4.78, 5) is 15.3. The Kier molecular flexibility index (Phi) is 8.02. The number of H-pyrrole nitrogens is 1. The van der Waals surface area contributed by atoms with Gasteiger partial charge in [-0.2, -0.15) is 10.2 Å². The van der Waals surface area contributed by atoms with Crippen molar-refractivity contribution in [1.29, 1.82) is 0 Å². The van der Waals surface area contributed by atoms with E-state index in [4.69, 9.17) is 4.74 Å². The van der Waals surface area contributed by atoms with Gasteiger partial charge in [-0.1, -0.05) is 25.0 Å². The highest BCUT2D eigenvalue weighted by atomic mass is 16.5. The van der Waals surface area contributed by atoms with Crippen LogP contribution in [-0.2, 0) is 6.54 Å². The van der Waals surface area contributed by atoms with Crippen LogP contribution in [0.4, 0.5) is 5.69 Å². The molecule has 0 bridgehead atoms. The number of carbonyl (C=O) groups excluding carboxylic acids is 1. The third kappa shape index (κ3) is 6.39. The second-order valence-electron chi connectivity index (χ2n) is 9.41. The first-order chi connectivity index (χ1) is 16.9. The van der Waals surface area contributed by atoms with E-state index in [-0.39, 0.29) is 5.91 Å². The molecule has 1 aromatic carbocycles. The van der Waals surface area contributed by atoms with Crippen molar-refractivity contribution in [2.24, 2.45) is 0 Å². The van der Waals surface area contributed by atoms with Gasteiger partial charge in [0.25, 0.3) is 5.91 Å². The number of aryl methyl sites for hydroxylation is 1. The average Bonchev–Trinajstić information content (AvgIpc) is 3.29. The Balaban J connectivity index is 1.32. The van der Waals surface area contributed by atoms with Crippen molar-refractivity contribution in [3.63, 3.8) is 0 Å². The van der Waals surface area contributed by atoms with Crippen LogP contribution >= 0.6 is 0 Å². The Labute approximate surface area is 207 Å². The summed E-state index contributed by atoms with van der Waals surface area (Å²) in [5.74, 6) is 0.558. The number of amides is 1. The highest BCUT2D eigenvalue weighted by Gasteiger charge is 2.18. The predicted octanol–water partition coefficient (Wildman–Crippen LogP) is 4.97. The molecule has 1 saturated heterocycles. The van der Waals surface area contributed by atoms with E-state index >= 15 is 0 Å². The SMILES string of the molecule is C=C(C)Cn1nc(C)c(-c2cc(C(=O)Nc3ccc(OCCN4CCCCCC4)cc3)[nH]n2)c1C. The van der Waals surface area contributed by atoms with Crippen molar-refractivity contribution < 1.29 is 9.53 Å². The Bertz CT molecular complexity index is 1150. The van der Waals surface area contributed by atoms with Gasteiger partial charge in [0.1, 0.15) is 18.1 Å². The fourth-order valence-corrected chi connectivity index (χ4v) is 4.53. The van der Waals surface area contributed by atoms with E-state index in [0.29, 0.717) is 30.2 Å². The Morgan fingerprint density at radius 1 is 1.14 bits per heavy atom. The number of anilines is 1. The maximum absolute atomic E-state index is 12.8. The molecule has 1 amide bonds. The van der Waals surface area contributed by atoms with Crippen molar-refractivity contribution >= 4 is 11.6 Å². The normalized spacial score (nSPS) is 14.5. The zero-order valence-electron chi connectivity index (χ0n) is 21.1. The van der Waals surface area contributed by atoms with Crippen LogP contribution in [0.15, 0.2) is 42.5 Å². The second-order valence-corrected chi connectivity index (χ2v) is 9.41. The number of rotatable bonds is 9. The number of aromatic nitrogens is 4. The first kappa shape index (κ1) is 24.7. The quantitative estimate of drug-likeness (QED) is 0.426. The molecule has 0 spiro atoms. The minimum absolute atomic E-state index is 0.247. The number of aromatic amines is 1. The molecule has 2 N–H and O–H groups in total. The molecule has 186 valence electrons. The lowest BCUT2D eigenvalue weighted by atomic mass is 10.1. The summed E-state index contributed by atoms with van der Waals surface area (Å²) in [5.41, 5.74) is 5.62. The van der Waals surface area contributed by atoms with E-state index in [1.807, 2.05) is 49.7 Å². The second kappa shape index (κ2) is 11.4. The van der Waals surface area contributed by atoms with Crippen LogP contribution in [0.3, 0.4) is 0 Å². The predicted molar refractivity (Wildman–Crippen MR) is 139 cm³/mol. The van der Waals surface area contributed by atoms with Gasteiger partial charge in [-0.25, -0.2) is 0 Å². The minimum Gasteiger partial charge on any atom is -0.492 e.